The minimum atomic E-state index is -0.301. The normalized spacial score (nSPS) is 29.5. The molecule has 0 amide bonds. The van der Waals surface area contributed by atoms with Gasteiger partial charge in [0.1, 0.15) is 6.17 Å². The highest BCUT2D eigenvalue weighted by atomic mass is 19.1. The van der Waals surface area contributed by atoms with E-state index in [1.807, 2.05) is 11.9 Å². The van der Waals surface area contributed by atoms with Gasteiger partial charge in [-0.15, -0.1) is 4.39 Å². The smallest absolute Gasteiger partial charge is 0.107 e. The molecule has 74 valence electrons. The van der Waals surface area contributed by atoms with Gasteiger partial charge < -0.3 is 0 Å². The van der Waals surface area contributed by atoms with Gasteiger partial charge in [0.15, 0.2) is 0 Å². The summed E-state index contributed by atoms with van der Waals surface area (Å²) >= 11 is 0. The largest absolute Gasteiger partial charge is 0.290 e. The summed E-state index contributed by atoms with van der Waals surface area (Å²) in [7, 11) is 1.90. The molecule has 1 unspecified atom stereocenters. The van der Waals surface area contributed by atoms with Gasteiger partial charge in [-0.1, -0.05) is 0 Å². The number of alkyl halides is 1. The standard InChI is InChI=1S/C10H15F2N/c1-13-9(5-7-11)3-2-4-10(13)6-8-12/h9-10H,2-5,7H2,1H3/t9-,10?/m0/s1. The summed E-state index contributed by atoms with van der Waals surface area (Å²) in [6.07, 6.45) is 4.91. The van der Waals surface area contributed by atoms with Crippen molar-refractivity contribution in [3.63, 3.8) is 0 Å². The van der Waals surface area contributed by atoms with Crippen LogP contribution in [0, 0.1) is 12.1 Å². The third kappa shape index (κ3) is 2.67. The molecule has 1 aliphatic rings. The van der Waals surface area contributed by atoms with E-state index in [1.54, 1.807) is 0 Å². The third-order valence-corrected chi connectivity index (χ3v) is 2.75. The molecule has 0 N–H and O–H groups in total. The van der Waals surface area contributed by atoms with Crippen molar-refractivity contribution in [1.82, 2.24) is 4.90 Å². The van der Waals surface area contributed by atoms with E-state index in [-0.39, 0.29) is 18.8 Å². The van der Waals surface area contributed by atoms with Crippen LogP contribution in [0.5, 0.6) is 0 Å². The van der Waals surface area contributed by atoms with Crippen LogP contribution in [0.2, 0.25) is 0 Å². The van der Waals surface area contributed by atoms with Crippen molar-refractivity contribution in [2.45, 2.75) is 37.8 Å². The van der Waals surface area contributed by atoms with Crippen molar-refractivity contribution in [3.05, 3.63) is 0 Å². The van der Waals surface area contributed by atoms with Crippen LogP contribution in [0.4, 0.5) is 8.78 Å². The summed E-state index contributed by atoms with van der Waals surface area (Å²) < 4.78 is 23.9. The van der Waals surface area contributed by atoms with Crippen molar-refractivity contribution in [2.75, 3.05) is 13.7 Å². The lowest BCUT2D eigenvalue weighted by atomic mass is 9.95. The first-order chi connectivity index (χ1) is 6.29. The fraction of sp³-hybridized carbons (Fsp3) is 0.800. The Morgan fingerprint density at radius 2 is 2.23 bits per heavy atom. The van der Waals surface area contributed by atoms with Crippen LogP contribution in [-0.2, 0) is 0 Å². The van der Waals surface area contributed by atoms with E-state index in [2.05, 4.69) is 5.92 Å². The number of rotatable bonds is 2. The summed E-state index contributed by atoms with van der Waals surface area (Å²) in [5.41, 5.74) is 0. The molecule has 0 aromatic rings. The molecule has 1 aliphatic heterocycles. The van der Waals surface area contributed by atoms with Crippen molar-refractivity contribution in [1.29, 1.82) is 0 Å². The van der Waals surface area contributed by atoms with Crippen molar-refractivity contribution < 1.29 is 8.78 Å². The third-order valence-electron chi connectivity index (χ3n) is 2.75. The Balaban J connectivity index is 2.52. The molecule has 0 radical (unpaired) electrons. The first-order valence-corrected chi connectivity index (χ1v) is 4.68. The zero-order valence-corrected chi connectivity index (χ0v) is 7.89. The van der Waals surface area contributed by atoms with E-state index in [9.17, 15) is 8.78 Å². The second-order valence-electron chi connectivity index (χ2n) is 3.48. The summed E-state index contributed by atoms with van der Waals surface area (Å²) in [4.78, 5) is 2.00. The topological polar surface area (TPSA) is 3.24 Å². The molecule has 1 nitrogen and oxygen atoms in total. The van der Waals surface area contributed by atoms with Crippen LogP contribution in [0.3, 0.4) is 0 Å². The highest BCUT2D eigenvalue weighted by molar-refractivity contribution is 5.05. The number of hydrogen-bond donors (Lipinski definition) is 0. The Kier molecular flexibility index (Phi) is 4.17. The van der Waals surface area contributed by atoms with Gasteiger partial charge in [0.2, 0.25) is 0 Å². The predicted octanol–water partition coefficient (Wildman–Crippen LogP) is 2.13. The molecule has 0 bridgehead atoms. The number of hydrogen-bond acceptors (Lipinski definition) is 1. The van der Waals surface area contributed by atoms with Gasteiger partial charge >= 0.3 is 0 Å². The van der Waals surface area contributed by atoms with E-state index in [4.69, 9.17) is 0 Å². The van der Waals surface area contributed by atoms with Gasteiger partial charge in [-0.05, 0) is 38.7 Å². The molecule has 0 aromatic heterocycles. The Hall–Kier alpha value is -0.620. The molecule has 1 saturated heterocycles. The van der Waals surface area contributed by atoms with Crippen LogP contribution < -0.4 is 0 Å². The number of piperidine rings is 1. The average molecular weight is 187 g/mol. The summed E-state index contributed by atoms with van der Waals surface area (Å²) in [5, 5.41) is 0. The summed E-state index contributed by atoms with van der Waals surface area (Å²) in [5.74, 6) is 2.51. The SMILES string of the molecule is CN1C(C#CF)CCC[C@H]1CCF. The first kappa shape index (κ1) is 10.5. The fourth-order valence-electron chi connectivity index (χ4n) is 1.92. The molecule has 1 heterocycles. The molecular weight excluding hydrogens is 172 g/mol. The Labute approximate surface area is 78.1 Å². The monoisotopic (exact) mass is 187 g/mol. The Bertz CT molecular complexity index is 205. The van der Waals surface area contributed by atoms with Crippen molar-refractivity contribution >= 4 is 0 Å². The predicted molar refractivity (Wildman–Crippen MR) is 48.7 cm³/mol. The van der Waals surface area contributed by atoms with Crippen molar-refractivity contribution in [3.8, 4) is 12.1 Å². The van der Waals surface area contributed by atoms with E-state index in [0.29, 0.717) is 6.42 Å². The van der Waals surface area contributed by atoms with Gasteiger partial charge in [0.05, 0.1) is 12.7 Å². The highest BCUT2D eigenvalue weighted by Crippen LogP contribution is 2.22. The van der Waals surface area contributed by atoms with E-state index < -0.39 is 0 Å². The molecule has 0 aliphatic carbocycles. The Morgan fingerprint density at radius 1 is 1.46 bits per heavy atom. The molecule has 0 aromatic carbocycles. The van der Waals surface area contributed by atoms with Gasteiger partial charge in [0.25, 0.3) is 0 Å². The van der Waals surface area contributed by atoms with Crippen LogP contribution in [0.15, 0.2) is 0 Å². The van der Waals surface area contributed by atoms with Crippen LogP contribution in [0.25, 0.3) is 0 Å². The molecule has 0 saturated carbocycles. The minimum Gasteiger partial charge on any atom is -0.290 e. The molecule has 1 fully saturated rings. The zero-order chi connectivity index (χ0) is 9.68. The van der Waals surface area contributed by atoms with Crippen LogP contribution >= 0.6 is 0 Å². The molecule has 1 rings (SSSR count). The molecule has 0 spiro atoms. The molecule has 13 heavy (non-hydrogen) atoms. The average Bonchev–Trinajstić information content (AvgIpc) is 2.13. The van der Waals surface area contributed by atoms with Crippen molar-refractivity contribution in [2.24, 2.45) is 0 Å². The van der Waals surface area contributed by atoms with Gasteiger partial charge in [-0.2, -0.15) is 0 Å². The van der Waals surface area contributed by atoms with Gasteiger partial charge in [0, 0.05) is 6.04 Å². The maximum atomic E-state index is 12.1. The second-order valence-corrected chi connectivity index (χ2v) is 3.48. The zero-order valence-electron chi connectivity index (χ0n) is 7.89. The van der Waals surface area contributed by atoms with E-state index in [1.165, 1.54) is 6.17 Å². The summed E-state index contributed by atoms with van der Waals surface area (Å²) in [6, 6.07) is 0.222. The minimum absolute atomic E-state index is 0.0182. The molecule has 3 heteroatoms. The van der Waals surface area contributed by atoms with Gasteiger partial charge in [-0.25, -0.2) is 0 Å². The van der Waals surface area contributed by atoms with E-state index in [0.717, 1.165) is 19.3 Å². The fourth-order valence-corrected chi connectivity index (χ4v) is 1.92. The second kappa shape index (κ2) is 5.18. The summed E-state index contributed by atoms with van der Waals surface area (Å²) in [6.45, 7) is -0.301. The van der Waals surface area contributed by atoms with Crippen LogP contribution in [-0.4, -0.2) is 30.7 Å². The van der Waals surface area contributed by atoms with Crippen LogP contribution in [0.1, 0.15) is 25.7 Å². The highest BCUT2D eigenvalue weighted by Gasteiger charge is 2.25. The lowest BCUT2D eigenvalue weighted by Gasteiger charge is -2.36. The maximum Gasteiger partial charge on any atom is 0.107 e. The number of halogens is 2. The molecule has 2 atom stereocenters. The maximum absolute atomic E-state index is 12.1. The first-order valence-electron chi connectivity index (χ1n) is 4.68. The molecular formula is C10H15F2N. The quantitative estimate of drug-likeness (QED) is 0.598. The number of likely N-dealkylation sites (tertiary alicyclic amines) is 1. The lowest BCUT2D eigenvalue weighted by Crippen LogP contribution is -2.43. The number of nitrogens with zero attached hydrogens (tertiary/aromatic N) is 1. The van der Waals surface area contributed by atoms with Gasteiger partial charge in [-0.3, -0.25) is 9.29 Å². The Morgan fingerprint density at radius 3 is 2.85 bits per heavy atom. The van der Waals surface area contributed by atoms with E-state index >= 15 is 0 Å². The lowest BCUT2D eigenvalue weighted by molar-refractivity contribution is 0.133.